The Morgan fingerprint density at radius 1 is 1.33 bits per heavy atom. The van der Waals surface area contributed by atoms with Crippen molar-refractivity contribution >= 4 is 29.3 Å². The number of ether oxygens (including phenoxy) is 1. The molecule has 1 amide bonds. The molecule has 0 radical (unpaired) electrons. The average molecular weight is 409 g/mol. The molecule has 1 aromatic heterocycles. The van der Waals surface area contributed by atoms with Crippen LogP contribution in [0.3, 0.4) is 0 Å². The van der Waals surface area contributed by atoms with Gasteiger partial charge < -0.3 is 14.6 Å². The van der Waals surface area contributed by atoms with Gasteiger partial charge in [-0.3, -0.25) is 4.79 Å². The van der Waals surface area contributed by atoms with Crippen molar-refractivity contribution in [2.75, 3.05) is 19.4 Å². The number of nitrogens with zero attached hydrogens (tertiary/aromatic N) is 3. The first-order valence-electron chi connectivity index (χ1n) is 9.31. The molecule has 1 N–H and O–H groups in total. The van der Waals surface area contributed by atoms with Crippen molar-refractivity contribution in [3.05, 3.63) is 35.1 Å². The first-order chi connectivity index (χ1) is 13.2. The Morgan fingerprint density at radius 3 is 2.85 bits per heavy atom. The van der Waals surface area contributed by atoms with Crippen LogP contribution in [0.15, 0.2) is 29.4 Å². The largest absolute Gasteiger partial charge is 0.482 e. The molecular weight excluding hydrogens is 384 g/mol. The van der Waals surface area contributed by atoms with Crippen LogP contribution in [0, 0.1) is 0 Å². The summed E-state index contributed by atoms with van der Waals surface area (Å²) in [5.74, 6) is 1.38. The number of carbonyl (C=O) groups excluding carboxylic acids is 1. The molecule has 0 aliphatic heterocycles. The molecule has 1 heterocycles. The normalized spacial score (nSPS) is 14.4. The summed E-state index contributed by atoms with van der Waals surface area (Å²) in [5.41, 5.74) is 0. The number of thioether (sulfide) groups is 1. The number of aryl methyl sites for hydroxylation is 1. The highest BCUT2D eigenvalue weighted by atomic mass is 35.5. The third kappa shape index (κ3) is 5.39. The number of halogens is 1. The molecule has 1 aliphatic carbocycles. The second-order valence-electron chi connectivity index (χ2n) is 6.58. The van der Waals surface area contributed by atoms with Crippen LogP contribution in [0.25, 0.3) is 0 Å². The molecule has 3 rings (SSSR count). The van der Waals surface area contributed by atoms with E-state index in [2.05, 4.69) is 20.1 Å². The Balaban J connectivity index is 1.43. The zero-order valence-corrected chi connectivity index (χ0v) is 17.1. The molecule has 146 valence electrons. The van der Waals surface area contributed by atoms with Crippen molar-refractivity contribution in [2.45, 2.75) is 49.7 Å². The SMILES string of the molecule is CSc1nnc(CCCNC(=O)COc2ccccc2Cl)n1C1CCCC1. The van der Waals surface area contributed by atoms with Gasteiger partial charge in [0.05, 0.1) is 5.02 Å². The zero-order valence-electron chi connectivity index (χ0n) is 15.5. The maximum atomic E-state index is 11.9. The van der Waals surface area contributed by atoms with E-state index in [9.17, 15) is 4.79 Å². The highest BCUT2D eigenvalue weighted by Gasteiger charge is 2.23. The van der Waals surface area contributed by atoms with Gasteiger partial charge in [0.25, 0.3) is 5.91 Å². The van der Waals surface area contributed by atoms with E-state index in [1.165, 1.54) is 25.7 Å². The molecular formula is C19H25ClN4O2S. The Kier molecular flexibility index (Phi) is 7.41. The van der Waals surface area contributed by atoms with Gasteiger partial charge in [-0.25, -0.2) is 0 Å². The molecule has 1 aromatic carbocycles. The third-order valence-corrected chi connectivity index (χ3v) is 5.66. The Morgan fingerprint density at radius 2 is 2.11 bits per heavy atom. The molecule has 0 unspecified atom stereocenters. The predicted molar refractivity (Wildman–Crippen MR) is 108 cm³/mol. The highest BCUT2D eigenvalue weighted by Crippen LogP contribution is 2.33. The minimum atomic E-state index is -0.156. The number of nitrogens with one attached hydrogen (secondary N) is 1. The first kappa shape index (κ1) is 20.0. The molecule has 8 heteroatoms. The summed E-state index contributed by atoms with van der Waals surface area (Å²) in [4.78, 5) is 11.9. The molecule has 6 nitrogen and oxygen atoms in total. The molecule has 1 saturated carbocycles. The number of benzene rings is 1. The second-order valence-corrected chi connectivity index (χ2v) is 7.76. The van der Waals surface area contributed by atoms with Crippen molar-refractivity contribution in [2.24, 2.45) is 0 Å². The van der Waals surface area contributed by atoms with E-state index in [0.717, 1.165) is 23.8 Å². The summed E-state index contributed by atoms with van der Waals surface area (Å²) >= 11 is 7.66. The number of rotatable bonds is 9. The van der Waals surface area contributed by atoms with Crippen LogP contribution < -0.4 is 10.1 Å². The van der Waals surface area contributed by atoms with Crippen LogP contribution in [0.2, 0.25) is 5.02 Å². The molecule has 0 atom stereocenters. The van der Waals surface area contributed by atoms with Crippen molar-refractivity contribution in [3.63, 3.8) is 0 Å². The standard InChI is InChI=1S/C19H25ClN4O2S/c1-27-19-23-22-17(24(19)14-7-2-3-8-14)11-6-12-21-18(25)13-26-16-10-5-4-9-15(16)20/h4-5,9-10,14H,2-3,6-8,11-13H2,1H3,(H,21,25). The quantitative estimate of drug-likeness (QED) is 0.503. The van der Waals surface area contributed by atoms with E-state index >= 15 is 0 Å². The van der Waals surface area contributed by atoms with Gasteiger partial charge in [-0.05, 0) is 37.7 Å². The van der Waals surface area contributed by atoms with Crippen LogP contribution in [-0.4, -0.2) is 40.1 Å². The number of amides is 1. The maximum Gasteiger partial charge on any atom is 0.257 e. The molecule has 2 aromatic rings. The molecule has 0 spiro atoms. The number of para-hydroxylation sites is 1. The van der Waals surface area contributed by atoms with E-state index in [4.69, 9.17) is 16.3 Å². The summed E-state index contributed by atoms with van der Waals surface area (Å²) in [6.45, 7) is 0.537. The van der Waals surface area contributed by atoms with Gasteiger partial charge in [0.1, 0.15) is 11.6 Å². The van der Waals surface area contributed by atoms with Crippen LogP contribution in [0.4, 0.5) is 0 Å². The van der Waals surface area contributed by atoms with Crippen LogP contribution in [0.1, 0.15) is 44.0 Å². The molecule has 27 heavy (non-hydrogen) atoms. The van der Waals surface area contributed by atoms with E-state index in [-0.39, 0.29) is 12.5 Å². The fourth-order valence-electron chi connectivity index (χ4n) is 3.38. The highest BCUT2D eigenvalue weighted by molar-refractivity contribution is 7.98. The number of hydrogen-bond acceptors (Lipinski definition) is 5. The smallest absolute Gasteiger partial charge is 0.257 e. The monoisotopic (exact) mass is 408 g/mol. The van der Waals surface area contributed by atoms with Gasteiger partial charge in [0, 0.05) is 19.0 Å². The van der Waals surface area contributed by atoms with Gasteiger partial charge in [-0.15, -0.1) is 10.2 Å². The lowest BCUT2D eigenvalue weighted by molar-refractivity contribution is -0.123. The van der Waals surface area contributed by atoms with Crippen LogP contribution in [0.5, 0.6) is 5.75 Å². The second kappa shape index (κ2) is 9.99. The van der Waals surface area contributed by atoms with Crippen molar-refractivity contribution in [1.82, 2.24) is 20.1 Å². The topological polar surface area (TPSA) is 69.0 Å². The Hall–Kier alpha value is -1.73. The fraction of sp³-hybridized carbons (Fsp3) is 0.526. The number of aromatic nitrogens is 3. The van der Waals surface area contributed by atoms with Gasteiger partial charge in [0.2, 0.25) is 0 Å². The van der Waals surface area contributed by atoms with E-state index in [1.54, 1.807) is 23.9 Å². The van der Waals surface area contributed by atoms with E-state index < -0.39 is 0 Å². The summed E-state index contributed by atoms with van der Waals surface area (Å²) < 4.78 is 7.75. The minimum Gasteiger partial charge on any atom is -0.482 e. The van der Waals surface area contributed by atoms with Gasteiger partial charge in [0.15, 0.2) is 11.8 Å². The number of hydrogen-bond donors (Lipinski definition) is 1. The van der Waals surface area contributed by atoms with Gasteiger partial charge in [-0.2, -0.15) is 0 Å². The zero-order chi connectivity index (χ0) is 19.1. The lowest BCUT2D eigenvalue weighted by Gasteiger charge is -2.16. The van der Waals surface area contributed by atoms with Crippen LogP contribution >= 0.6 is 23.4 Å². The van der Waals surface area contributed by atoms with E-state index in [0.29, 0.717) is 23.4 Å². The minimum absolute atomic E-state index is 0.0430. The maximum absolute atomic E-state index is 11.9. The van der Waals surface area contributed by atoms with Crippen LogP contribution in [-0.2, 0) is 11.2 Å². The summed E-state index contributed by atoms with van der Waals surface area (Å²) in [7, 11) is 0. The Bertz CT molecular complexity index is 762. The fourth-order valence-corrected chi connectivity index (χ4v) is 4.14. The van der Waals surface area contributed by atoms with Gasteiger partial charge in [-0.1, -0.05) is 48.3 Å². The lowest BCUT2D eigenvalue weighted by atomic mass is 10.2. The Labute approximate surface area is 169 Å². The van der Waals surface area contributed by atoms with Crippen molar-refractivity contribution < 1.29 is 9.53 Å². The third-order valence-electron chi connectivity index (χ3n) is 4.70. The van der Waals surface area contributed by atoms with Crippen molar-refractivity contribution in [1.29, 1.82) is 0 Å². The predicted octanol–water partition coefficient (Wildman–Crippen LogP) is 3.90. The van der Waals surface area contributed by atoms with E-state index in [1.807, 2.05) is 18.4 Å². The van der Waals surface area contributed by atoms with Gasteiger partial charge >= 0.3 is 0 Å². The summed E-state index contributed by atoms with van der Waals surface area (Å²) in [6.07, 6.45) is 8.61. The number of carbonyl (C=O) groups is 1. The molecule has 0 saturated heterocycles. The summed E-state index contributed by atoms with van der Waals surface area (Å²) in [6, 6.07) is 7.65. The molecule has 1 aliphatic rings. The lowest BCUT2D eigenvalue weighted by Crippen LogP contribution is -2.30. The first-order valence-corrected chi connectivity index (χ1v) is 10.9. The molecule has 0 bridgehead atoms. The summed E-state index contributed by atoms with van der Waals surface area (Å²) in [5, 5.41) is 13.1. The van der Waals surface area contributed by atoms with Crippen molar-refractivity contribution in [3.8, 4) is 5.75 Å². The molecule has 1 fully saturated rings. The average Bonchev–Trinajstić information content (AvgIpc) is 3.33.